The van der Waals surface area contributed by atoms with Gasteiger partial charge in [-0.1, -0.05) is 24.3 Å². The molecule has 0 aliphatic rings. The molecule has 0 aromatic heterocycles. The average Bonchev–Trinajstić information content (AvgIpc) is 2.02. The molecule has 1 N–H and O–H groups in total. The summed E-state index contributed by atoms with van der Waals surface area (Å²) < 4.78 is 13.4. The van der Waals surface area contributed by atoms with E-state index in [1.54, 1.807) is 13.8 Å². The van der Waals surface area contributed by atoms with Crippen molar-refractivity contribution in [3.8, 4) is 0 Å². The van der Waals surface area contributed by atoms with Crippen molar-refractivity contribution in [1.29, 1.82) is 0 Å². The van der Waals surface area contributed by atoms with Crippen molar-refractivity contribution in [2.75, 3.05) is 7.05 Å². The van der Waals surface area contributed by atoms with E-state index in [1.807, 2.05) is 25.2 Å². The fraction of sp³-hybridized carbons (Fsp3) is 0.500. The molecule has 0 aliphatic heterocycles. The van der Waals surface area contributed by atoms with Gasteiger partial charge in [0.25, 0.3) is 0 Å². The molecule has 0 fully saturated rings. The minimum absolute atomic E-state index is 0.477. The molecule has 14 heavy (non-hydrogen) atoms. The summed E-state index contributed by atoms with van der Waals surface area (Å²) in [7, 11) is 1.91. The van der Waals surface area contributed by atoms with Crippen LogP contribution in [0.25, 0.3) is 0 Å². The van der Waals surface area contributed by atoms with E-state index in [1.165, 1.54) is 5.56 Å². The number of benzene rings is 1. The summed E-state index contributed by atoms with van der Waals surface area (Å²) >= 11 is 0. The third-order valence-corrected chi connectivity index (χ3v) is 2.00. The zero-order valence-electron chi connectivity index (χ0n) is 9.10. The second kappa shape index (κ2) is 4.56. The second-order valence-electron chi connectivity index (χ2n) is 4.25. The third kappa shape index (κ3) is 3.88. The minimum atomic E-state index is -1.13. The van der Waals surface area contributed by atoms with Crippen LogP contribution in [-0.4, -0.2) is 12.7 Å². The summed E-state index contributed by atoms with van der Waals surface area (Å²) in [6.45, 7) is 4.05. The average molecular weight is 195 g/mol. The van der Waals surface area contributed by atoms with Crippen molar-refractivity contribution in [3.63, 3.8) is 0 Å². The van der Waals surface area contributed by atoms with Crippen LogP contribution in [0.3, 0.4) is 0 Å². The van der Waals surface area contributed by atoms with Crippen LogP contribution in [-0.2, 0) is 13.0 Å². The molecule has 0 radical (unpaired) electrons. The molecule has 1 aromatic carbocycles. The maximum Gasteiger partial charge on any atom is 0.109 e. The number of hydrogen-bond donors (Lipinski definition) is 1. The lowest BCUT2D eigenvalue weighted by atomic mass is 9.99. The monoisotopic (exact) mass is 195 g/mol. The molecule has 0 spiro atoms. The number of alkyl halides is 1. The van der Waals surface area contributed by atoms with Gasteiger partial charge in [-0.15, -0.1) is 0 Å². The normalized spacial score (nSPS) is 11.7. The lowest BCUT2D eigenvalue weighted by Gasteiger charge is -2.14. The van der Waals surface area contributed by atoms with Gasteiger partial charge in [-0.3, -0.25) is 0 Å². The SMILES string of the molecule is CNCc1cccc(CC(C)(C)F)c1. The van der Waals surface area contributed by atoms with E-state index in [0.29, 0.717) is 6.42 Å². The second-order valence-corrected chi connectivity index (χ2v) is 4.25. The zero-order chi connectivity index (χ0) is 10.6. The first-order chi connectivity index (χ1) is 6.51. The third-order valence-electron chi connectivity index (χ3n) is 2.00. The number of nitrogens with one attached hydrogen (secondary N) is 1. The Morgan fingerprint density at radius 1 is 1.29 bits per heavy atom. The van der Waals surface area contributed by atoms with Gasteiger partial charge in [-0.25, -0.2) is 4.39 Å². The van der Waals surface area contributed by atoms with Gasteiger partial charge in [0.2, 0.25) is 0 Å². The van der Waals surface area contributed by atoms with E-state index < -0.39 is 5.67 Å². The Morgan fingerprint density at radius 3 is 2.50 bits per heavy atom. The van der Waals surface area contributed by atoms with Crippen LogP contribution in [0.4, 0.5) is 4.39 Å². The summed E-state index contributed by atoms with van der Waals surface area (Å²) in [6, 6.07) is 8.05. The van der Waals surface area contributed by atoms with Crippen LogP contribution in [0.2, 0.25) is 0 Å². The molecule has 0 bridgehead atoms. The first kappa shape index (κ1) is 11.2. The lowest BCUT2D eigenvalue weighted by Crippen LogP contribution is -2.15. The molecular formula is C12H18FN. The molecular weight excluding hydrogens is 177 g/mol. The lowest BCUT2D eigenvalue weighted by molar-refractivity contribution is 0.217. The van der Waals surface area contributed by atoms with Crippen LogP contribution in [0.1, 0.15) is 25.0 Å². The molecule has 0 saturated heterocycles. The van der Waals surface area contributed by atoms with E-state index in [9.17, 15) is 4.39 Å². The molecule has 1 aromatic rings. The summed E-state index contributed by atoms with van der Waals surface area (Å²) in [5, 5.41) is 3.08. The smallest absolute Gasteiger partial charge is 0.109 e. The zero-order valence-corrected chi connectivity index (χ0v) is 9.10. The summed E-state index contributed by atoms with van der Waals surface area (Å²) in [4.78, 5) is 0. The standard InChI is InChI=1S/C12H18FN/c1-12(2,13)8-10-5-4-6-11(7-10)9-14-3/h4-7,14H,8-9H2,1-3H3. The Balaban J connectivity index is 2.73. The molecule has 1 nitrogen and oxygen atoms in total. The fourth-order valence-electron chi connectivity index (χ4n) is 1.54. The molecule has 0 atom stereocenters. The van der Waals surface area contributed by atoms with Crippen molar-refractivity contribution >= 4 is 0 Å². The highest BCUT2D eigenvalue weighted by atomic mass is 19.1. The van der Waals surface area contributed by atoms with E-state index in [0.717, 1.165) is 12.1 Å². The van der Waals surface area contributed by atoms with Crippen LogP contribution >= 0.6 is 0 Å². The Kier molecular flexibility index (Phi) is 3.64. The topological polar surface area (TPSA) is 12.0 Å². The van der Waals surface area contributed by atoms with Crippen molar-refractivity contribution in [1.82, 2.24) is 5.32 Å². The van der Waals surface area contributed by atoms with Crippen LogP contribution in [0.15, 0.2) is 24.3 Å². The molecule has 0 heterocycles. The minimum Gasteiger partial charge on any atom is -0.316 e. The van der Waals surface area contributed by atoms with Gasteiger partial charge in [-0.05, 0) is 32.0 Å². The van der Waals surface area contributed by atoms with Gasteiger partial charge >= 0.3 is 0 Å². The quantitative estimate of drug-likeness (QED) is 0.779. The molecule has 2 heteroatoms. The van der Waals surface area contributed by atoms with Gasteiger partial charge in [-0.2, -0.15) is 0 Å². The van der Waals surface area contributed by atoms with Crippen molar-refractivity contribution < 1.29 is 4.39 Å². The highest BCUT2D eigenvalue weighted by Gasteiger charge is 2.15. The maximum absolute atomic E-state index is 13.4. The van der Waals surface area contributed by atoms with Crippen LogP contribution in [0.5, 0.6) is 0 Å². The first-order valence-electron chi connectivity index (χ1n) is 4.92. The van der Waals surface area contributed by atoms with E-state index >= 15 is 0 Å². The fourth-order valence-corrected chi connectivity index (χ4v) is 1.54. The van der Waals surface area contributed by atoms with Gasteiger partial charge < -0.3 is 5.32 Å². The Labute approximate surface area is 85.3 Å². The Morgan fingerprint density at radius 2 is 1.93 bits per heavy atom. The van der Waals surface area contributed by atoms with E-state index in [4.69, 9.17) is 0 Å². The first-order valence-corrected chi connectivity index (χ1v) is 4.92. The molecule has 78 valence electrons. The highest BCUT2D eigenvalue weighted by Crippen LogP contribution is 2.17. The van der Waals surface area contributed by atoms with E-state index in [-0.39, 0.29) is 0 Å². The van der Waals surface area contributed by atoms with Gasteiger partial charge in [0.15, 0.2) is 0 Å². The molecule has 0 unspecified atom stereocenters. The summed E-state index contributed by atoms with van der Waals surface area (Å²) in [6.07, 6.45) is 0.477. The maximum atomic E-state index is 13.4. The van der Waals surface area contributed by atoms with Gasteiger partial charge in [0, 0.05) is 13.0 Å². The summed E-state index contributed by atoms with van der Waals surface area (Å²) in [5.74, 6) is 0. The van der Waals surface area contributed by atoms with Crippen molar-refractivity contribution in [2.45, 2.75) is 32.5 Å². The molecule has 0 aliphatic carbocycles. The van der Waals surface area contributed by atoms with E-state index in [2.05, 4.69) is 11.4 Å². The summed E-state index contributed by atoms with van der Waals surface area (Å²) in [5.41, 5.74) is 1.14. The molecule has 0 saturated carbocycles. The predicted molar refractivity (Wildman–Crippen MR) is 58.1 cm³/mol. The molecule has 1 rings (SSSR count). The van der Waals surface area contributed by atoms with Gasteiger partial charge in [0.1, 0.15) is 5.67 Å². The van der Waals surface area contributed by atoms with Crippen molar-refractivity contribution in [2.24, 2.45) is 0 Å². The number of hydrogen-bond acceptors (Lipinski definition) is 1. The van der Waals surface area contributed by atoms with Gasteiger partial charge in [0.05, 0.1) is 0 Å². The Hall–Kier alpha value is -0.890. The highest BCUT2D eigenvalue weighted by molar-refractivity contribution is 5.24. The molecule has 0 amide bonds. The largest absolute Gasteiger partial charge is 0.316 e. The van der Waals surface area contributed by atoms with Crippen LogP contribution in [0, 0.1) is 0 Å². The number of rotatable bonds is 4. The number of halogens is 1. The predicted octanol–water partition coefficient (Wildman–Crippen LogP) is 2.70. The van der Waals surface area contributed by atoms with Crippen molar-refractivity contribution in [3.05, 3.63) is 35.4 Å². The van der Waals surface area contributed by atoms with Crippen LogP contribution < -0.4 is 5.32 Å². The Bertz CT molecular complexity index is 289.